The van der Waals surface area contributed by atoms with Crippen molar-refractivity contribution in [1.82, 2.24) is 9.80 Å². The highest BCUT2D eigenvalue weighted by Crippen LogP contribution is 2.30. The van der Waals surface area contributed by atoms with E-state index in [1.54, 1.807) is 24.3 Å². The van der Waals surface area contributed by atoms with E-state index < -0.39 is 55.2 Å². The molecule has 1 aromatic rings. The SMILES string of the molecule is CCCCCCCCCCCCCCCC(=O)N(CCCCCCCCCCCC)[C@@H]1O[C@H](CO)[C@@H](O)[C@H](O)[C@H]1N(C(=O)OCc1ccccc1)C(=O)[C@H](C)N. The van der Waals surface area contributed by atoms with Crippen molar-refractivity contribution in [2.45, 2.75) is 218 Å². The van der Waals surface area contributed by atoms with Crippen LogP contribution in [0.5, 0.6) is 0 Å². The summed E-state index contributed by atoms with van der Waals surface area (Å²) in [6, 6.07) is 6.25. The van der Waals surface area contributed by atoms with E-state index in [4.69, 9.17) is 15.2 Å². The van der Waals surface area contributed by atoms with Gasteiger partial charge >= 0.3 is 6.09 Å². The summed E-state index contributed by atoms with van der Waals surface area (Å²) in [4.78, 5) is 43.8. The van der Waals surface area contributed by atoms with E-state index in [0.29, 0.717) is 23.3 Å². The molecule has 322 valence electrons. The van der Waals surface area contributed by atoms with Gasteiger partial charge in [0.1, 0.15) is 31.0 Å². The van der Waals surface area contributed by atoms with Crippen LogP contribution < -0.4 is 5.73 Å². The lowest BCUT2D eigenvalue weighted by Gasteiger charge is -2.49. The van der Waals surface area contributed by atoms with E-state index in [1.807, 2.05) is 6.07 Å². The average Bonchev–Trinajstić information content (AvgIpc) is 3.20. The summed E-state index contributed by atoms with van der Waals surface area (Å²) in [6.07, 6.45) is 19.5. The standard InChI is InChI=1S/C45H79N3O8/c1-4-6-8-10-12-14-16-17-18-19-21-23-28-32-39(50)47(33-29-24-22-20-15-13-11-9-7-5-2)44-40(42(52)41(51)38(34-49)56-44)48(43(53)36(3)46)45(54)55-35-37-30-26-25-27-31-37/h25-27,30-31,36,38,40-42,44,49,51-52H,4-24,28-29,32-35,46H2,1-3H3/t36-,38+,40+,41+,42+,44+/m0/s1. The lowest BCUT2D eigenvalue weighted by Crippen LogP contribution is -2.71. The first-order valence-electron chi connectivity index (χ1n) is 22.4. The summed E-state index contributed by atoms with van der Waals surface area (Å²) in [7, 11) is 0. The largest absolute Gasteiger partial charge is 0.444 e. The Labute approximate surface area is 339 Å². The molecule has 6 atom stereocenters. The number of amides is 3. The number of benzene rings is 1. The second-order valence-electron chi connectivity index (χ2n) is 16.0. The highest BCUT2D eigenvalue weighted by atomic mass is 16.6. The molecule has 5 N–H and O–H groups in total. The molecular formula is C45H79N3O8. The van der Waals surface area contributed by atoms with Crippen LogP contribution in [-0.4, -0.2) is 92.8 Å². The second kappa shape index (κ2) is 30.5. The maximum absolute atomic E-state index is 14.2. The Bertz CT molecular complexity index is 1170. The number of aliphatic hydroxyl groups is 3. The van der Waals surface area contributed by atoms with Crippen LogP contribution in [0.1, 0.15) is 180 Å². The van der Waals surface area contributed by atoms with E-state index in [2.05, 4.69) is 13.8 Å². The molecule has 0 aromatic heterocycles. The maximum atomic E-state index is 14.2. The molecular weight excluding hydrogens is 711 g/mol. The molecule has 56 heavy (non-hydrogen) atoms. The molecule has 1 saturated heterocycles. The number of carbonyl (C=O) groups is 3. The number of ether oxygens (including phenoxy) is 2. The highest BCUT2D eigenvalue weighted by molar-refractivity contribution is 5.95. The molecule has 1 fully saturated rings. The van der Waals surface area contributed by atoms with Crippen molar-refractivity contribution in [3.05, 3.63) is 35.9 Å². The van der Waals surface area contributed by atoms with Gasteiger partial charge < -0.3 is 35.4 Å². The summed E-state index contributed by atoms with van der Waals surface area (Å²) in [5.74, 6) is -1.08. The molecule has 11 nitrogen and oxygen atoms in total. The quantitative estimate of drug-likeness (QED) is 0.0540. The van der Waals surface area contributed by atoms with Crippen molar-refractivity contribution in [3.63, 3.8) is 0 Å². The number of aliphatic hydroxyl groups excluding tert-OH is 3. The van der Waals surface area contributed by atoms with Crippen molar-refractivity contribution in [2.75, 3.05) is 13.2 Å². The zero-order valence-corrected chi connectivity index (χ0v) is 35.3. The third kappa shape index (κ3) is 18.8. The summed E-state index contributed by atoms with van der Waals surface area (Å²) >= 11 is 0. The number of hydrogen-bond acceptors (Lipinski definition) is 9. The van der Waals surface area contributed by atoms with Gasteiger partial charge in [-0.05, 0) is 25.3 Å². The predicted octanol–water partition coefficient (Wildman–Crippen LogP) is 8.54. The van der Waals surface area contributed by atoms with E-state index in [0.717, 1.165) is 38.5 Å². The summed E-state index contributed by atoms with van der Waals surface area (Å²) < 4.78 is 11.8. The number of unbranched alkanes of at least 4 members (excludes halogenated alkanes) is 21. The van der Waals surface area contributed by atoms with Crippen LogP contribution in [0.2, 0.25) is 0 Å². The number of rotatable bonds is 31. The molecule has 1 aromatic carbocycles. The fourth-order valence-corrected chi connectivity index (χ4v) is 7.59. The smallest absolute Gasteiger partial charge is 0.417 e. The van der Waals surface area contributed by atoms with E-state index >= 15 is 0 Å². The normalized spacial score (nSPS) is 20.1. The number of nitrogens with two attached hydrogens (primary N) is 1. The average molecular weight is 790 g/mol. The topological polar surface area (TPSA) is 163 Å². The monoisotopic (exact) mass is 790 g/mol. The van der Waals surface area contributed by atoms with Crippen LogP contribution in [-0.2, 0) is 25.7 Å². The zero-order chi connectivity index (χ0) is 41.0. The van der Waals surface area contributed by atoms with Gasteiger partial charge in [-0.1, -0.05) is 179 Å². The molecule has 0 spiro atoms. The van der Waals surface area contributed by atoms with E-state index in [9.17, 15) is 29.7 Å². The molecule has 0 saturated carbocycles. The first-order valence-corrected chi connectivity index (χ1v) is 22.4. The number of carbonyl (C=O) groups excluding carboxylic acids is 3. The Morgan fingerprint density at radius 2 is 1.18 bits per heavy atom. The van der Waals surface area contributed by atoms with Crippen LogP contribution in [0, 0.1) is 0 Å². The third-order valence-electron chi connectivity index (χ3n) is 11.1. The summed E-state index contributed by atoms with van der Waals surface area (Å²) in [5.41, 5.74) is 6.72. The second-order valence-corrected chi connectivity index (χ2v) is 16.0. The van der Waals surface area contributed by atoms with Crippen molar-refractivity contribution < 1.29 is 39.2 Å². The first-order chi connectivity index (χ1) is 27.2. The van der Waals surface area contributed by atoms with Crippen LogP contribution in [0.25, 0.3) is 0 Å². The lowest BCUT2D eigenvalue weighted by molar-refractivity contribution is -0.244. The molecule has 1 aliphatic heterocycles. The minimum absolute atomic E-state index is 0.154. The molecule has 0 radical (unpaired) electrons. The number of imide groups is 1. The minimum Gasteiger partial charge on any atom is -0.444 e. The summed E-state index contributed by atoms with van der Waals surface area (Å²) in [5, 5.41) is 32.8. The fraction of sp³-hybridized carbons (Fsp3) is 0.800. The lowest BCUT2D eigenvalue weighted by atomic mass is 9.93. The van der Waals surface area contributed by atoms with Crippen molar-refractivity contribution in [3.8, 4) is 0 Å². The van der Waals surface area contributed by atoms with Gasteiger partial charge in [-0.25, -0.2) is 9.69 Å². The van der Waals surface area contributed by atoms with E-state index in [-0.39, 0.29) is 25.5 Å². The molecule has 0 aliphatic carbocycles. The Balaban J connectivity index is 2.18. The Kier molecular flexibility index (Phi) is 27.0. The van der Waals surface area contributed by atoms with Crippen LogP contribution in [0.4, 0.5) is 4.79 Å². The van der Waals surface area contributed by atoms with Crippen molar-refractivity contribution in [2.24, 2.45) is 5.73 Å². The van der Waals surface area contributed by atoms with Crippen molar-refractivity contribution in [1.29, 1.82) is 0 Å². The van der Waals surface area contributed by atoms with Crippen LogP contribution in [0.3, 0.4) is 0 Å². The predicted molar refractivity (Wildman–Crippen MR) is 223 cm³/mol. The van der Waals surface area contributed by atoms with Crippen molar-refractivity contribution >= 4 is 17.9 Å². The van der Waals surface area contributed by atoms with Gasteiger partial charge in [-0.3, -0.25) is 9.59 Å². The van der Waals surface area contributed by atoms with Gasteiger partial charge in [0.15, 0.2) is 6.23 Å². The Hall–Kier alpha value is -2.57. The zero-order valence-electron chi connectivity index (χ0n) is 35.3. The fourth-order valence-electron chi connectivity index (χ4n) is 7.59. The molecule has 0 bridgehead atoms. The third-order valence-corrected chi connectivity index (χ3v) is 11.1. The minimum atomic E-state index is -1.75. The molecule has 11 heteroatoms. The van der Waals surface area contributed by atoms with Gasteiger partial charge in [0.05, 0.1) is 12.6 Å². The molecule has 3 amide bonds. The van der Waals surface area contributed by atoms with Gasteiger partial charge in [0.25, 0.3) is 0 Å². The Morgan fingerprint density at radius 3 is 1.64 bits per heavy atom. The summed E-state index contributed by atoms with van der Waals surface area (Å²) in [6.45, 7) is 5.34. The van der Waals surface area contributed by atoms with Gasteiger partial charge in [-0.15, -0.1) is 0 Å². The molecule has 1 heterocycles. The number of nitrogens with zero attached hydrogens (tertiary/aromatic N) is 2. The molecule has 0 unspecified atom stereocenters. The first kappa shape index (κ1) is 49.6. The highest BCUT2D eigenvalue weighted by Gasteiger charge is 2.53. The molecule has 1 aliphatic rings. The Morgan fingerprint density at radius 1 is 0.714 bits per heavy atom. The van der Waals surface area contributed by atoms with Gasteiger partial charge in [0.2, 0.25) is 11.8 Å². The van der Waals surface area contributed by atoms with E-state index in [1.165, 1.54) is 108 Å². The molecule has 2 rings (SSSR count). The van der Waals surface area contributed by atoms with Crippen LogP contribution in [0.15, 0.2) is 30.3 Å². The van der Waals surface area contributed by atoms with Gasteiger partial charge in [0, 0.05) is 13.0 Å². The maximum Gasteiger partial charge on any atom is 0.417 e. The van der Waals surface area contributed by atoms with Gasteiger partial charge in [-0.2, -0.15) is 0 Å². The van der Waals surface area contributed by atoms with Crippen LogP contribution >= 0.6 is 0 Å². The number of hydrogen-bond donors (Lipinski definition) is 4.